The molecule has 0 saturated carbocycles. The molecule has 2 rings (SSSR count). The monoisotopic (exact) mass is 216 g/mol. The summed E-state index contributed by atoms with van der Waals surface area (Å²) >= 11 is 0. The second-order valence-corrected chi connectivity index (χ2v) is 3.44. The van der Waals surface area contributed by atoms with Gasteiger partial charge in [-0.1, -0.05) is 0 Å². The van der Waals surface area contributed by atoms with E-state index in [0.29, 0.717) is 5.69 Å². The molecule has 5 N–H and O–H groups in total. The van der Waals surface area contributed by atoms with E-state index >= 15 is 0 Å². The van der Waals surface area contributed by atoms with Gasteiger partial charge in [0.2, 0.25) is 5.91 Å². The Morgan fingerprint density at radius 3 is 2.88 bits per heavy atom. The minimum absolute atomic E-state index is 0.0912. The number of rotatable bonds is 3. The molecule has 0 aliphatic carbocycles. The third-order valence-corrected chi connectivity index (χ3v) is 2.30. The summed E-state index contributed by atoms with van der Waals surface area (Å²) < 4.78 is 0. The van der Waals surface area contributed by atoms with Crippen molar-refractivity contribution in [1.29, 1.82) is 0 Å². The SMILES string of the molecule is NC(=O)CNc1ccc(N)c2ccncc12. The Bertz CT molecular complexity index is 538. The van der Waals surface area contributed by atoms with Crippen molar-refractivity contribution in [3.63, 3.8) is 0 Å². The van der Waals surface area contributed by atoms with Gasteiger partial charge in [-0.2, -0.15) is 0 Å². The maximum Gasteiger partial charge on any atom is 0.236 e. The molecule has 0 bridgehead atoms. The number of nitrogens with two attached hydrogens (primary N) is 2. The summed E-state index contributed by atoms with van der Waals surface area (Å²) in [6.45, 7) is 0.0912. The van der Waals surface area contributed by atoms with Crippen molar-refractivity contribution < 1.29 is 4.79 Å². The van der Waals surface area contributed by atoms with Gasteiger partial charge >= 0.3 is 0 Å². The van der Waals surface area contributed by atoms with Crippen LogP contribution in [-0.2, 0) is 4.79 Å². The average molecular weight is 216 g/mol. The van der Waals surface area contributed by atoms with Crippen LogP contribution in [0, 0.1) is 0 Å². The minimum Gasteiger partial charge on any atom is -0.398 e. The zero-order valence-electron chi connectivity index (χ0n) is 8.60. The van der Waals surface area contributed by atoms with Gasteiger partial charge in [0.05, 0.1) is 6.54 Å². The number of fused-ring (bicyclic) bond motifs is 1. The lowest BCUT2D eigenvalue weighted by atomic mass is 10.1. The van der Waals surface area contributed by atoms with Crippen LogP contribution in [0.2, 0.25) is 0 Å². The summed E-state index contributed by atoms with van der Waals surface area (Å²) in [5.41, 5.74) is 12.4. The second-order valence-electron chi connectivity index (χ2n) is 3.44. The van der Waals surface area contributed by atoms with Crippen molar-refractivity contribution in [2.45, 2.75) is 0 Å². The first-order chi connectivity index (χ1) is 7.68. The molecule has 1 amide bonds. The Hall–Kier alpha value is -2.30. The van der Waals surface area contributed by atoms with E-state index in [-0.39, 0.29) is 6.54 Å². The van der Waals surface area contributed by atoms with Crippen molar-refractivity contribution in [3.8, 4) is 0 Å². The first-order valence-corrected chi connectivity index (χ1v) is 4.83. The van der Waals surface area contributed by atoms with Crippen molar-refractivity contribution in [3.05, 3.63) is 30.6 Å². The number of carbonyl (C=O) groups is 1. The summed E-state index contributed by atoms with van der Waals surface area (Å²) in [5.74, 6) is -0.408. The summed E-state index contributed by atoms with van der Waals surface area (Å²) in [6, 6.07) is 5.42. The van der Waals surface area contributed by atoms with Crippen LogP contribution in [0.4, 0.5) is 11.4 Å². The lowest BCUT2D eigenvalue weighted by molar-refractivity contribution is -0.116. The van der Waals surface area contributed by atoms with Crippen molar-refractivity contribution in [2.75, 3.05) is 17.6 Å². The number of pyridine rings is 1. The summed E-state index contributed by atoms with van der Waals surface area (Å²) in [5, 5.41) is 4.73. The molecule has 16 heavy (non-hydrogen) atoms. The van der Waals surface area contributed by atoms with Gasteiger partial charge in [0.1, 0.15) is 0 Å². The highest BCUT2D eigenvalue weighted by atomic mass is 16.1. The Balaban J connectivity index is 2.46. The molecule has 0 unspecified atom stereocenters. The Labute approximate surface area is 92.5 Å². The molecule has 1 heterocycles. The number of primary amides is 1. The number of nitrogens with zero attached hydrogens (tertiary/aromatic N) is 1. The number of hydrogen-bond donors (Lipinski definition) is 3. The fraction of sp³-hybridized carbons (Fsp3) is 0.0909. The molecule has 5 heteroatoms. The van der Waals surface area contributed by atoms with Crippen molar-refractivity contribution in [1.82, 2.24) is 4.98 Å². The van der Waals surface area contributed by atoms with Crippen LogP contribution in [-0.4, -0.2) is 17.4 Å². The molecule has 0 spiro atoms. The smallest absolute Gasteiger partial charge is 0.236 e. The number of amides is 1. The zero-order chi connectivity index (χ0) is 11.5. The first kappa shape index (κ1) is 10.2. The minimum atomic E-state index is -0.408. The van der Waals surface area contributed by atoms with E-state index in [4.69, 9.17) is 11.5 Å². The van der Waals surface area contributed by atoms with Gasteiger partial charge in [-0.05, 0) is 18.2 Å². The predicted molar refractivity (Wildman–Crippen MR) is 63.8 cm³/mol. The molecule has 0 saturated heterocycles. The van der Waals surface area contributed by atoms with Crippen LogP contribution in [0.5, 0.6) is 0 Å². The number of aromatic nitrogens is 1. The number of nitrogen functional groups attached to an aromatic ring is 1. The van der Waals surface area contributed by atoms with Gasteiger partial charge in [-0.25, -0.2) is 0 Å². The molecule has 1 aromatic heterocycles. The first-order valence-electron chi connectivity index (χ1n) is 4.83. The van der Waals surface area contributed by atoms with E-state index < -0.39 is 5.91 Å². The summed E-state index contributed by atoms with van der Waals surface area (Å²) in [4.78, 5) is 14.7. The van der Waals surface area contributed by atoms with Crippen LogP contribution >= 0.6 is 0 Å². The lowest BCUT2D eigenvalue weighted by Crippen LogP contribution is -2.21. The van der Waals surface area contributed by atoms with Crippen LogP contribution < -0.4 is 16.8 Å². The van der Waals surface area contributed by atoms with Gasteiger partial charge in [-0.3, -0.25) is 9.78 Å². The summed E-state index contributed by atoms with van der Waals surface area (Å²) in [6.07, 6.45) is 3.38. The maximum atomic E-state index is 10.7. The molecule has 5 nitrogen and oxygen atoms in total. The predicted octanol–water partition coefficient (Wildman–Crippen LogP) is 0.714. The topological polar surface area (TPSA) is 94.0 Å². The molecule has 0 aliphatic rings. The van der Waals surface area contributed by atoms with E-state index in [9.17, 15) is 4.79 Å². The highest BCUT2D eigenvalue weighted by Crippen LogP contribution is 2.26. The molecule has 0 aliphatic heterocycles. The highest BCUT2D eigenvalue weighted by Gasteiger charge is 2.04. The normalized spacial score (nSPS) is 10.2. The van der Waals surface area contributed by atoms with E-state index in [1.165, 1.54) is 0 Å². The fourth-order valence-electron chi connectivity index (χ4n) is 1.55. The number of hydrogen-bond acceptors (Lipinski definition) is 4. The Morgan fingerprint density at radius 2 is 2.12 bits per heavy atom. The fourth-order valence-corrected chi connectivity index (χ4v) is 1.55. The lowest BCUT2D eigenvalue weighted by Gasteiger charge is -2.09. The van der Waals surface area contributed by atoms with Crippen LogP contribution in [0.25, 0.3) is 10.8 Å². The molecule has 2 aromatic rings. The quantitative estimate of drug-likeness (QED) is 0.659. The largest absolute Gasteiger partial charge is 0.398 e. The molecular weight excluding hydrogens is 204 g/mol. The van der Waals surface area contributed by atoms with Gasteiger partial charge in [0.25, 0.3) is 0 Å². The molecule has 0 atom stereocenters. The third kappa shape index (κ3) is 1.88. The second kappa shape index (κ2) is 4.06. The van der Waals surface area contributed by atoms with Gasteiger partial charge in [0, 0.05) is 34.5 Å². The molecule has 0 fully saturated rings. The zero-order valence-corrected chi connectivity index (χ0v) is 8.60. The van der Waals surface area contributed by atoms with E-state index in [1.54, 1.807) is 18.5 Å². The number of anilines is 2. The van der Waals surface area contributed by atoms with Gasteiger partial charge in [-0.15, -0.1) is 0 Å². The average Bonchev–Trinajstić information content (AvgIpc) is 2.28. The van der Waals surface area contributed by atoms with E-state index in [2.05, 4.69) is 10.3 Å². The van der Waals surface area contributed by atoms with Crippen LogP contribution in [0.1, 0.15) is 0 Å². The van der Waals surface area contributed by atoms with Crippen LogP contribution in [0.15, 0.2) is 30.6 Å². The highest BCUT2D eigenvalue weighted by molar-refractivity contribution is 6.01. The number of benzene rings is 1. The van der Waals surface area contributed by atoms with Gasteiger partial charge < -0.3 is 16.8 Å². The number of nitrogens with one attached hydrogen (secondary N) is 1. The van der Waals surface area contributed by atoms with E-state index in [0.717, 1.165) is 16.5 Å². The third-order valence-electron chi connectivity index (χ3n) is 2.30. The number of carbonyl (C=O) groups excluding carboxylic acids is 1. The summed E-state index contributed by atoms with van der Waals surface area (Å²) in [7, 11) is 0. The van der Waals surface area contributed by atoms with Gasteiger partial charge in [0.15, 0.2) is 0 Å². The van der Waals surface area contributed by atoms with Crippen molar-refractivity contribution >= 4 is 28.1 Å². The standard InChI is InChI=1S/C11H12N4O/c12-9-1-2-10(15-6-11(13)16)8-5-14-4-3-7(8)9/h1-5,15H,6,12H2,(H2,13,16). The van der Waals surface area contributed by atoms with E-state index in [1.807, 2.05) is 12.1 Å². The molecule has 82 valence electrons. The van der Waals surface area contributed by atoms with Crippen molar-refractivity contribution in [2.24, 2.45) is 5.73 Å². The van der Waals surface area contributed by atoms with Crippen LogP contribution in [0.3, 0.4) is 0 Å². The molecular formula is C11H12N4O. The Morgan fingerprint density at radius 1 is 1.31 bits per heavy atom. The molecule has 1 aromatic carbocycles. The Kier molecular flexibility index (Phi) is 2.59. The maximum absolute atomic E-state index is 10.7. The molecule has 0 radical (unpaired) electrons.